The fourth-order valence-electron chi connectivity index (χ4n) is 3.38. The summed E-state index contributed by atoms with van der Waals surface area (Å²) < 4.78 is 1.12. The molecule has 0 N–H and O–H groups in total. The molecular formula is C22H26BrN. The highest BCUT2D eigenvalue weighted by Crippen LogP contribution is 2.22. The summed E-state index contributed by atoms with van der Waals surface area (Å²) in [6.07, 6.45) is 11.0. The number of benzene rings is 2. The lowest BCUT2D eigenvalue weighted by Gasteiger charge is -2.16. The van der Waals surface area contributed by atoms with Crippen LogP contribution in [0.5, 0.6) is 0 Å². The van der Waals surface area contributed by atoms with Crippen molar-refractivity contribution in [3.8, 4) is 0 Å². The van der Waals surface area contributed by atoms with Crippen LogP contribution in [0.2, 0.25) is 0 Å². The molecule has 2 aromatic carbocycles. The third kappa shape index (κ3) is 5.06. The Balaban J connectivity index is 1.55. The van der Waals surface area contributed by atoms with Crippen LogP contribution in [0.1, 0.15) is 41.5 Å². The molecule has 0 amide bonds. The van der Waals surface area contributed by atoms with Crippen LogP contribution >= 0.6 is 15.9 Å². The molecule has 24 heavy (non-hydrogen) atoms. The summed E-state index contributed by atoms with van der Waals surface area (Å²) in [5.41, 5.74) is 5.85. The zero-order valence-electron chi connectivity index (χ0n) is 14.5. The van der Waals surface area contributed by atoms with Gasteiger partial charge in [-0.2, -0.15) is 0 Å². The molecule has 0 aliphatic heterocycles. The van der Waals surface area contributed by atoms with Crippen molar-refractivity contribution >= 4 is 22.0 Å². The summed E-state index contributed by atoms with van der Waals surface area (Å²) in [6, 6.07) is 15.6. The van der Waals surface area contributed by atoms with E-state index < -0.39 is 0 Å². The van der Waals surface area contributed by atoms with Gasteiger partial charge in [0.1, 0.15) is 0 Å². The van der Waals surface area contributed by atoms with E-state index in [9.17, 15) is 0 Å². The van der Waals surface area contributed by atoms with E-state index in [1.807, 2.05) is 0 Å². The monoisotopic (exact) mass is 383 g/mol. The van der Waals surface area contributed by atoms with Crippen molar-refractivity contribution in [1.82, 2.24) is 4.90 Å². The Morgan fingerprint density at radius 1 is 0.958 bits per heavy atom. The highest BCUT2D eigenvalue weighted by molar-refractivity contribution is 9.10. The van der Waals surface area contributed by atoms with Gasteiger partial charge in [-0.25, -0.2) is 0 Å². The maximum absolute atomic E-state index is 3.47. The molecule has 0 fully saturated rings. The Morgan fingerprint density at radius 3 is 2.50 bits per heavy atom. The van der Waals surface area contributed by atoms with Crippen molar-refractivity contribution in [2.75, 3.05) is 13.6 Å². The summed E-state index contributed by atoms with van der Waals surface area (Å²) in [7, 11) is 2.19. The third-order valence-electron chi connectivity index (χ3n) is 4.71. The number of hydrogen-bond acceptors (Lipinski definition) is 1. The summed E-state index contributed by atoms with van der Waals surface area (Å²) in [4.78, 5) is 2.37. The molecule has 2 heteroatoms. The Morgan fingerprint density at radius 2 is 1.71 bits per heavy atom. The lowest BCUT2D eigenvalue weighted by Crippen LogP contribution is -2.17. The van der Waals surface area contributed by atoms with E-state index >= 15 is 0 Å². The van der Waals surface area contributed by atoms with E-state index in [4.69, 9.17) is 0 Å². The lowest BCUT2D eigenvalue weighted by atomic mass is 10.00. The third-order valence-corrected chi connectivity index (χ3v) is 5.24. The van der Waals surface area contributed by atoms with Gasteiger partial charge in [0.25, 0.3) is 0 Å². The van der Waals surface area contributed by atoms with Crippen LogP contribution in [-0.2, 0) is 19.4 Å². The van der Waals surface area contributed by atoms with E-state index in [1.54, 1.807) is 11.1 Å². The molecule has 2 aromatic rings. The molecule has 1 aliphatic carbocycles. The van der Waals surface area contributed by atoms with Crippen molar-refractivity contribution < 1.29 is 0 Å². The first-order valence-electron chi connectivity index (χ1n) is 8.92. The van der Waals surface area contributed by atoms with Crippen molar-refractivity contribution in [2.45, 2.75) is 38.6 Å². The van der Waals surface area contributed by atoms with Crippen LogP contribution < -0.4 is 0 Å². The van der Waals surface area contributed by atoms with Gasteiger partial charge in [-0.05, 0) is 67.1 Å². The van der Waals surface area contributed by atoms with Crippen LogP contribution in [0.15, 0.2) is 53.0 Å². The van der Waals surface area contributed by atoms with Crippen LogP contribution in [0, 0.1) is 0 Å². The van der Waals surface area contributed by atoms with Gasteiger partial charge in [-0.3, -0.25) is 4.90 Å². The molecule has 0 saturated carbocycles. The number of nitrogens with zero attached hydrogens (tertiary/aromatic N) is 1. The quantitative estimate of drug-likeness (QED) is 0.584. The van der Waals surface area contributed by atoms with Crippen LogP contribution in [-0.4, -0.2) is 18.5 Å². The highest BCUT2D eigenvalue weighted by atomic mass is 79.9. The van der Waals surface area contributed by atoms with E-state index in [2.05, 4.69) is 82.5 Å². The SMILES string of the molecule is CN(CC=Cc1ccc(Br)cc1)Cc1ccc2c(c1)CCCCC2. The lowest BCUT2D eigenvalue weighted by molar-refractivity contribution is 0.364. The smallest absolute Gasteiger partial charge is 0.0234 e. The number of hydrogen-bond donors (Lipinski definition) is 0. The molecule has 0 atom stereocenters. The van der Waals surface area contributed by atoms with Gasteiger partial charge in [-0.1, -0.05) is 64.8 Å². The molecule has 0 aromatic heterocycles. The predicted molar refractivity (Wildman–Crippen MR) is 107 cm³/mol. The number of halogens is 1. The average molecular weight is 384 g/mol. The van der Waals surface area contributed by atoms with Crippen molar-refractivity contribution in [3.63, 3.8) is 0 Å². The molecule has 0 bridgehead atoms. The summed E-state index contributed by atoms with van der Waals surface area (Å²) in [6.45, 7) is 1.98. The number of aryl methyl sites for hydroxylation is 2. The van der Waals surface area contributed by atoms with E-state index in [0.29, 0.717) is 0 Å². The minimum absolute atomic E-state index is 0.965. The molecule has 0 heterocycles. The topological polar surface area (TPSA) is 3.24 Å². The first-order valence-corrected chi connectivity index (χ1v) is 9.71. The van der Waals surface area contributed by atoms with Gasteiger partial charge in [0.15, 0.2) is 0 Å². The highest BCUT2D eigenvalue weighted by Gasteiger charge is 2.09. The maximum atomic E-state index is 3.47. The van der Waals surface area contributed by atoms with Gasteiger partial charge in [0.2, 0.25) is 0 Å². The summed E-state index contributed by atoms with van der Waals surface area (Å²) in [5.74, 6) is 0. The van der Waals surface area contributed by atoms with Crippen LogP contribution in [0.25, 0.3) is 6.08 Å². The van der Waals surface area contributed by atoms with Gasteiger partial charge >= 0.3 is 0 Å². The largest absolute Gasteiger partial charge is 0.298 e. The Labute approximate surface area is 154 Å². The van der Waals surface area contributed by atoms with Gasteiger partial charge < -0.3 is 0 Å². The number of fused-ring (bicyclic) bond motifs is 1. The molecule has 0 saturated heterocycles. The van der Waals surface area contributed by atoms with Crippen LogP contribution in [0.4, 0.5) is 0 Å². The molecule has 0 unspecified atom stereocenters. The second-order valence-corrected chi connectivity index (χ2v) is 7.73. The Bertz CT molecular complexity index is 688. The van der Waals surface area contributed by atoms with Gasteiger partial charge in [-0.15, -0.1) is 0 Å². The van der Waals surface area contributed by atoms with E-state index in [1.165, 1.54) is 43.2 Å². The van der Waals surface area contributed by atoms with Crippen molar-refractivity contribution in [2.24, 2.45) is 0 Å². The molecular weight excluding hydrogens is 358 g/mol. The number of rotatable bonds is 5. The molecule has 0 radical (unpaired) electrons. The van der Waals surface area contributed by atoms with E-state index in [-0.39, 0.29) is 0 Å². The molecule has 126 valence electrons. The zero-order valence-corrected chi connectivity index (χ0v) is 16.1. The summed E-state index contributed by atoms with van der Waals surface area (Å²) >= 11 is 3.47. The second kappa shape index (κ2) is 8.64. The predicted octanol–water partition coefficient (Wildman–Crippen LogP) is 5.86. The van der Waals surface area contributed by atoms with Crippen molar-refractivity contribution in [1.29, 1.82) is 0 Å². The van der Waals surface area contributed by atoms with Gasteiger partial charge in [0, 0.05) is 17.6 Å². The summed E-state index contributed by atoms with van der Waals surface area (Å²) in [5, 5.41) is 0. The van der Waals surface area contributed by atoms with E-state index in [0.717, 1.165) is 17.6 Å². The van der Waals surface area contributed by atoms with Gasteiger partial charge in [0.05, 0.1) is 0 Å². The first kappa shape index (κ1) is 17.4. The minimum atomic E-state index is 0.965. The van der Waals surface area contributed by atoms with Crippen LogP contribution in [0.3, 0.4) is 0 Å². The molecule has 3 rings (SSSR count). The average Bonchev–Trinajstić information content (AvgIpc) is 2.81. The molecule has 0 spiro atoms. The molecule has 1 nitrogen and oxygen atoms in total. The maximum Gasteiger partial charge on any atom is 0.0234 e. The standard InChI is InChI=1S/C22H26BrN/c1-24(15-5-6-18-10-13-22(23)14-11-18)17-19-9-12-20-7-3-2-4-8-21(20)16-19/h5-6,9-14,16H,2-4,7-8,15,17H2,1H3. The van der Waals surface area contributed by atoms with Crippen molar-refractivity contribution in [3.05, 3.63) is 75.3 Å². The fraction of sp³-hybridized carbons (Fsp3) is 0.364. The Kier molecular flexibility index (Phi) is 6.28. The normalized spacial score (nSPS) is 14.8. The fourth-order valence-corrected chi connectivity index (χ4v) is 3.65. The number of likely N-dealkylation sites (N-methyl/N-ethyl adjacent to an activating group) is 1. The second-order valence-electron chi connectivity index (χ2n) is 6.81. The first-order chi connectivity index (χ1) is 11.7. The zero-order chi connectivity index (χ0) is 16.8. The minimum Gasteiger partial charge on any atom is -0.298 e. The Hall–Kier alpha value is -1.38. The molecule has 1 aliphatic rings.